The molecule has 0 saturated heterocycles. The zero-order chi connectivity index (χ0) is 15.7. The first-order valence-corrected chi connectivity index (χ1v) is 7.35. The van der Waals surface area contributed by atoms with E-state index in [9.17, 15) is 10.2 Å². The standard InChI is InChI=1S/C17H15NO3S/c1-2-13-16(10-3-5-11(19)6-4-10)18-21-17(13)14-8-7-12(20)9-15(14)22/h3-9,19-20,22H,2H2,1H3. The average molecular weight is 313 g/mol. The number of phenolic OH excluding ortho intramolecular Hbond substituents is 2. The second-order valence-corrected chi connectivity index (χ2v) is 5.42. The Labute approximate surface area is 133 Å². The smallest absolute Gasteiger partial charge is 0.171 e. The molecule has 0 bridgehead atoms. The van der Waals surface area contributed by atoms with Crippen molar-refractivity contribution in [2.45, 2.75) is 18.2 Å². The highest BCUT2D eigenvalue weighted by molar-refractivity contribution is 7.80. The lowest BCUT2D eigenvalue weighted by atomic mass is 10.0. The fourth-order valence-corrected chi connectivity index (χ4v) is 2.72. The van der Waals surface area contributed by atoms with Crippen LogP contribution >= 0.6 is 12.6 Å². The molecule has 0 fully saturated rings. The summed E-state index contributed by atoms with van der Waals surface area (Å²) in [5.74, 6) is 1.02. The van der Waals surface area contributed by atoms with E-state index >= 15 is 0 Å². The van der Waals surface area contributed by atoms with Gasteiger partial charge in [0.15, 0.2) is 5.76 Å². The first-order chi connectivity index (χ1) is 10.6. The molecular formula is C17H15NO3S. The van der Waals surface area contributed by atoms with Gasteiger partial charge in [0.2, 0.25) is 0 Å². The van der Waals surface area contributed by atoms with E-state index in [1.54, 1.807) is 42.5 Å². The summed E-state index contributed by atoms with van der Waals surface area (Å²) in [7, 11) is 0. The molecule has 1 aromatic heterocycles. The Kier molecular flexibility index (Phi) is 3.81. The Morgan fingerprint density at radius 2 is 1.73 bits per heavy atom. The van der Waals surface area contributed by atoms with E-state index in [-0.39, 0.29) is 11.5 Å². The van der Waals surface area contributed by atoms with Crippen LogP contribution in [-0.2, 0) is 6.42 Å². The van der Waals surface area contributed by atoms with Crippen molar-refractivity contribution in [1.82, 2.24) is 5.16 Å². The van der Waals surface area contributed by atoms with Crippen molar-refractivity contribution in [3.05, 3.63) is 48.0 Å². The molecule has 2 N–H and O–H groups in total. The summed E-state index contributed by atoms with van der Waals surface area (Å²) in [5, 5.41) is 23.1. The normalized spacial score (nSPS) is 10.8. The number of phenols is 2. The Morgan fingerprint density at radius 1 is 1.05 bits per heavy atom. The van der Waals surface area contributed by atoms with Crippen LogP contribution < -0.4 is 0 Å². The lowest BCUT2D eigenvalue weighted by Crippen LogP contribution is -1.88. The Morgan fingerprint density at radius 3 is 2.36 bits per heavy atom. The molecule has 2 aromatic carbocycles. The van der Waals surface area contributed by atoms with Gasteiger partial charge in [0.05, 0.1) is 0 Å². The van der Waals surface area contributed by atoms with E-state index in [0.29, 0.717) is 10.7 Å². The Hall–Kier alpha value is -2.40. The van der Waals surface area contributed by atoms with E-state index in [4.69, 9.17) is 4.52 Å². The first-order valence-electron chi connectivity index (χ1n) is 6.90. The molecule has 0 amide bonds. The van der Waals surface area contributed by atoms with Gasteiger partial charge in [-0.1, -0.05) is 12.1 Å². The molecule has 0 radical (unpaired) electrons. The predicted octanol–water partition coefficient (Wildman–Crippen LogP) is 4.27. The van der Waals surface area contributed by atoms with Crippen LogP contribution in [0.4, 0.5) is 0 Å². The topological polar surface area (TPSA) is 66.5 Å². The summed E-state index contributed by atoms with van der Waals surface area (Å²) in [4.78, 5) is 0.628. The van der Waals surface area contributed by atoms with Crippen molar-refractivity contribution in [3.8, 4) is 34.1 Å². The quantitative estimate of drug-likeness (QED) is 0.632. The molecule has 5 heteroatoms. The lowest BCUT2D eigenvalue weighted by Gasteiger charge is -2.05. The van der Waals surface area contributed by atoms with Gasteiger partial charge in [-0.05, 0) is 48.9 Å². The summed E-state index contributed by atoms with van der Waals surface area (Å²) in [6.07, 6.45) is 0.739. The second-order valence-electron chi connectivity index (χ2n) is 4.94. The van der Waals surface area contributed by atoms with Gasteiger partial charge in [-0.25, -0.2) is 0 Å². The van der Waals surface area contributed by atoms with Crippen molar-refractivity contribution >= 4 is 12.6 Å². The molecule has 3 rings (SSSR count). The average Bonchev–Trinajstić information content (AvgIpc) is 2.91. The molecule has 0 unspecified atom stereocenters. The van der Waals surface area contributed by atoms with Gasteiger partial charge in [-0.15, -0.1) is 12.6 Å². The fourth-order valence-electron chi connectivity index (χ4n) is 2.41. The molecule has 0 aliphatic heterocycles. The zero-order valence-electron chi connectivity index (χ0n) is 11.9. The summed E-state index contributed by atoms with van der Waals surface area (Å²) in [6, 6.07) is 11.8. The van der Waals surface area contributed by atoms with Crippen molar-refractivity contribution in [3.63, 3.8) is 0 Å². The number of aromatic nitrogens is 1. The molecule has 0 atom stereocenters. The zero-order valence-corrected chi connectivity index (χ0v) is 12.8. The maximum atomic E-state index is 9.50. The van der Waals surface area contributed by atoms with E-state index in [1.165, 1.54) is 0 Å². The van der Waals surface area contributed by atoms with Crippen LogP contribution in [0.1, 0.15) is 12.5 Å². The maximum Gasteiger partial charge on any atom is 0.171 e. The molecule has 3 aromatic rings. The second kappa shape index (κ2) is 5.77. The van der Waals surface area contributed by atoms with Crippen molar-refractivity contribution in [2.24, 2.45) is 0 Å². The SMILES string of the molecule is CCc1c(-c2ccc(O)cc2)noc1-c1ccc(O)cc1S. The molecule has 0 aliphatic rings. The van der Waals surface area contributed by atoms with Gasteiger partial charge < -0.3 is 14.7 Å². The number of aromatic hydroxyl groups is 2. The van der Waals surface area contributed by atoms with E-state index in [1.807, 2.05) is 6.92 Å². The van der Waals surface area contributed by atoms with Gasteiger partial charge >= 0.3 is 0 Å². The number of thiol groups is 1. The molecule has 4 nitrogen and oxygen atoms in total. The predicted molar refractivity (Wildman–Crippen MR) is 87.3 cm³/mol. The highest BCUT2D eigenvalue weighted by Crippen LogP contribution is 2.36. The summed E-state index contributed by atoms with van der Waals surface area (Å²) < 4.78 is 5.54. The summed E-state index contributed by atoms with van der Waals surface area (Å²) >= 11 is 4.39. The van der Waals surface area contributed by atoms with Crippen LogP contribution in [0.5, 0.6) is 11.5 Å². The van der Waals surface area contributed by atoms with Gasteiger partial charge in [0.25, 0.3) is 0 Å². The lowest BCUT2D eigenvalue weighted by molar-refractivity contribution is 0.433. The molecule has 1 heterocycles. The highest BCUT2D eigenvalue weighted by Gasteiger charge is 2.19. The van der Waals surface area contributed by atoms with Crippen LogP contribution in [0.25, 0.3) is 22.6 Å². The largest absolute Gasteiger partial charge is 0.508 e. The van der Waals surface area contributed by atoms with Gasteiger partial charge in [0.1, 0.15) is 17.2 Å². The van der Waals surface area contributed by atoms with Crippen LogP contribution in [0, 0.1) is 0 Å². The molecule has 0 saturated carbocycles. The van der Waals surface area contributed by atoms with Crippen LogP contribution in [-0.4, -0.2) is 15.4 Å². The molecular weight excluding hydrogens is 298 g/mol. The summed E-state index contributed by atoms with van der Waals surface area (Å²) in [5.41, 5.74) is 3.38. The minimum atomic E-state index is 0.157. The third kappa shape index (κ3) is 2.55. The summed E-state index contributed by atoms with van der Waals surface area (Å²) in [6.45, 7) is 2.03. The number of hydrogen-bond acceptors (Lipinski definition) is 5. The Bertz CT molecular complexity index is 809. The van der Waals surface area contributed by atoms with Gasteiger partial charge in [-0.3, -0.25) is 0 Å². The molecule has 112 valence electrons. The van der Waals surface area contributed by atoms with E-state index < -0.39 is 0 Å². The van der Waals surface area contributed by atoms with Crippen molar-refractivity contribution < 1.29 is 14.7 Å². The monoisotopic (exact) mass is 313 g/mol. The number of rotatable bonds is 3. The maximum absolute atomic E-state index is 9.50. The highest BCUT2D eigenvalue weighted by atomic mass is 32.1. The molecule has 0 aliphatic carbocycles. The third-order valence-electron chi connectivity index (χ3n) is 3.51. The molecule has 22 heavy (non-hydrogen) atoms. The van der Waals surface area contributed by atoms with Crippen LogP contribution in [0.2, 0.25) is 0 Å². The Balaban J connectivity index is 2.13. The fraction of sp³-hybridized carbons (Fsp3) is 0.118. The molecule has 0 spiro atoms. The van der Waals surface area contributed by atoms with Crippen molar-refractivity contribution in [1.29, 1.82) is 0 Å². The van der Waals surface area contributed by atoms with E-state index in [2.05, 4.69) is 17.8 Å². The number of benzene rings is 2. The van der Waals surface area contributed by atoms with E-state index in [0.717, 1.165) is 28.8 Å². The minimum Gasteiger partial charge on any atom is -0.508 e. The van der Waals surface area contributed by atoms with Crippen LogP contribution in [0.15, 0.2) is 51.9 Å². The number of hydrogen-bond donors (Lipinski definition) is 3. The van der Waals surface area contributed by atoms with Gasteiger partial charge in [-0.2, -0.15) is 0 Å². The van der Waals surface area contributed by atoms with Crippen molar-refractivity contribution in [2.75, 3.05) is 0 Å². The minimum absolute atomic E-state index is 0.157. The van der Waals surface area contributed by atoms with Gasteiger partial charge in [0, 0.05) is 21.6 Å². The third-order valence-corrected chi connectivity index (χ3v) is 3.88. The first kappa shape index (κ1) is 14.5. The van der Waals surface area contributed by atoms with Crippen LogP contribution in [0.3, 0.4) is 0 Å². The number of nitrogens with zero attached hydrogens (tertiary/aromatic N) is 1.